The third-order valence-electron chi connectivity index (χ3n) is 9.57. The van der Waals surface area contributed by atoms with Gasteiger partial charge in [0.1, 0.15) is 5.75 Å². The van der Waals surface area contributed by atoms with Crippen LogP contribution >= 0.6 is 11.3 Å². The van der Waals surface area contributed by atoms with Gasteiger partial charge in [0.05, 0.1) is 28.6 Å². The summed E-state index contributed by atoms with van der Waals surface area (Å²) >= 11 is 1.77. The van der Waals surface area contributed by atoms with Crippen LogP contribution in [-0.4, -0.2) is 40.6 Å². The molecule has 3 saturated carbocycles. The smallest absolute Gasteiger partial charge is 0.306 e. The number of anilines is 1. The number of ether oxygens (including phenoxy) is 1. The molecule has 0 atom stereocenters. The van der Waals surface area contributed by atoms with Crippen molar-refractivity contribution >= 4 is 28.9 Å². The number of carboxylic acids is 1. The van der Waals surface area contributed by atoms with Gasteiger partial charge in [-0.05, 0) is 107 Å². The van der Waals surface area contributed by atoms with Crippen molar-refractivity contribution in [1.82, 2.24) is 9.97 Å². The van der Waals surface area contributed by atoms with Crippen LogP contribution in [0.3, 0.4) is 0 Å². The van der Waals surface area contributed by atoms with E-state index in [1.54, 1.807) is 18.4 Å². The summed E-state index contributed by atoms with van der Waals surface area (Å²) in [6, 6.07) is 12.5. The molecule has 2 aromatic heterocycles. The van der Waals surface area contributed by atoms with Crippen LogP contribution in [0.1, 0.15) is 92.4 Å². The Morgan fingerprint density at radius 2 is 1.67 bits per heavy atom. The number of carbonyl (C=O) groups is 2. The predicted octanol–water partition coefficient (Wildman–Crippen LogP) is 7.60. The zero-order valence-electron chi connectivity index (χ0n) is 24.6. The number of carboxylic acid groups (broad SMARTS) is 1. The van der Waals surface area contributed by atoms with Crippen LogP contribution in [0.25, 0.3) is 10.4 Å². The Balaban J connectivity index is 1.19. The summed E-state index contributed by atoms with van der Waals surface area (Å²) in [5.74, 6) is 1.24. The van der Waals surface area contributed by atoms with E-state index in [4.69, 9.17) is 9.72 Å². The van der Waals surface area contributed by atoms with Gasteiger partial charge < -0.3 is 14.7 Å². The maximum absolute atomic E-state index is 14.1. The van der Waals surface area contributed by atoms with Crippen molar-refractivity contribution in [1.29, 1.82) is 0 Å². The average molecular weight is 588 g/mol. The summed E-state index contributed by atoms with van der Waals surface area (Å²) < 4.78 is 5.40. The fraction of sp³-hybridized carbons (Fsp3) is 0.529. The van der Waals surface area contributed by atoms with E-state index in [2.05, 4.69) is 35.3 Å². The van der Waals surface area contributed by atoms with E-state index in [0.29, 0.717) is 50.0 Å². The molecule has 8 heteroatoms. The lowest BCUT2D eigenvalue weighted by atomic mass is 9.79. The monoisotopic (exact) mass is 587 g/mol. The van der Waals surface area contributed by atoms with Crippen LogP contribution in [0.4, 0.5) is 5.69 Å². The molecular formula is C34H41N3O4S. The van der Waals surface area contributed by atoms with Gasteiger partial charge in [0, 0.05) is 41.9 Å². The van der Waals surface area contributed by atoms with Gasteiger partial charge in [-0.1, -0.05) is 12.1 Å². The van der Waals surface area contributed by atoms with Gasteiger partial charge in [-0.25, -0.2) is 4.98 Å². The fourth-order valence-corrected chi connectivity index (χ4v) is 7.89. The second-order valence-corrected chi connectivity index (χ2v) is 13.5. The van der Waals surface area contributed by atoms with Crippen molar-refractivity contribution in [2.75, 3.05) is 18.6 Å². The van der Waals surface area contributed by atoms with Crippen LogP contribution in [-0.2, 0) is 9.59 Å². The lowest BCUT2D eigenvalue weighted by molar-refractivity contribution is -0.144. The second-order valence-electron chi connectivity index (χ2n) is 12.5. The first-order valence-corrected chi connectivity index (χ1v) is 16.3. The lowest BCUT2D eigenvalue weighted by Gasteiger charge is -2.36. The van der Waals surface area contributed by atoms with Gasteiger partial charge in [-0.3, -0.25) is 14.6 Å². The van der Waals surface area contributed by atoms with Crippen LogP contribution in [0.2, 0.25) is 0 Å². The number of rotatable bonds is 9. The third kappa shape index (κ3) is 6.38. The predicted molar refractivity (Wildman–Crippen MR) is 165 cm³/mol. The molecule has 0 spiro atoms. The molecule has 3 aliphatic carbocycles. The fourth-order valence-electron chi connectivity index (χ4n) is 6.81. The molecule has 3 fully saturated rings. The van der Waals surface area contributed by atoms with Crippen molar-refractivity contribution in [2.24, 2.45) is 17.8 Å². The minimum Gasteiger partial charge on any atom is -0.495 e. The molecule has 0 unspecified atom stereocenters. The Morgan fingerprint density at radius 1 is 0.952 bits per heavy atom. The number of aromatic nitrogens is 2. The highest BCUT2D eigenvalue weighted by Crippen LogP contribution is 2.44. The highest BCUT2D eigenvalue weighted by molar-refractivity contribution is 7.15. The number of aliphatic carboxylic acids is 1. The quantitative estimate of drug-likeness (QED) is 0.277. The first kappa shape index (κ1) is 28.8. The van der Waals surface area contributed by atoms with Gasteiger partial charge in [0.15, 0.2) is 0 Å². The number of hydrogen-bond donors (Lipinski definition) is 1. The lowest BCUT2D eigenvalue weighted by Crippen LogP contribution is -2.41. The molecule has 42 heavy (non-hydrogen) atoms. The molecule has 0 bridgehead atoms. The van der Waals surface area contributed by atoms with Crippen molar-refractivity contribution in [2.45, 2.75) is 83.0 Å². The van der Waals surface area contributed by atoms with Crippen molar-refractivity contribution < 1.29 is 19.4 Å². The first-order chi connectivity index (χ1) is 20.4. The number of aryl methyl sites for hydroxylation is 1. The number of pyridine rings is 1. The van der Waals surface area contributed by atoms with Crippen molar-refractivity contribution in [3.8, 4) is 16.2 Å². The van der Waals surface area contributed by atoms with Gasteiger partial charge in [0.25, 0.3) is 0 Å². The summed E-state index contributed by atoms with van der Waals surface area (Å²) in [7, 11) is 1.68. The molecule has 0 aliphatic heterocycles. The standard InChI is InChI=1S/C34H41N3O4S/c1-21-30(41-2)17-16-29(36-21)23-8-6-22(7-9-23)20-37(33(38)25-12-14-26(15-13-25)34(39)40)28-5-3-4-27(18-28)31-19-35-32(42-31)24-10-11-24/h3-5,16-19,22-26H,6-15,20H2,1-2H3,(H,39,40)/t22-,23-,25-,26-. The van der Waals surface area contributed by atoms with Gasteiger partial charge >= 0.3 is 5.97 Å². The minimum atomic E-state index is -0.737. The van der Waals surface area contributed by atoms with E-state index in [1.807, 2.05) is 24.1 Å². The Hall–Kier alpha value is -3.26. The van der Waals surface area contributed by atoms with Crippen LogP contribution in [0.15, 0.2) is 42.6 Å². The molecule has 0 radical (unpaired) electrons. The topological polar surface area (TPSA) is 92.6 Å². The van der Waals surface area contributed by atoms with Crippen LogP contribution < -0.4 is 9.64 Å². The Kier molecular flexibility index (Phi) is 8.61. The molecule has 0 saturated heterocycles. The largest absolute Gasteiger partial charge is 0.495 e. The number of carbonyl (C=O) groups excluding carboxylic acids is 1. The molecule has 222 valence electrons. The van der Waals surface area contributed by atoms with E-state index >= 15 is 0 Å². The summed E-state index contributed by atoms with van der Waals surface area (Å²) in [4.78, 5) is 38.3. The number of thiazole rings is 1. The van der Waals surface area contributed by atoms with Crippen molar-refractivity contribution in [3.05, 3.63) is 59.0 Å². The number of hydrogen-bond acceptors (Lipinski definition) is 6. The third-order valence-corrected chi connectivity index (χ3v) is 10.8. The minimum absolute atomic E-state index is 0.128. The summed E-state index contributed by atoms with van der Waals surface area (Å²) in [6.07, 6.45) is 11.1. The highest BCUT2D eigenvalue weighted by Gasteiger charge is 2.35. The maximum Gasteiger partial charge on any atom is 0.306 e. The summed E-state index contributed by atoms with van der Waals surface area (Å²) in [5.41, 5.74) is 4.11. The molecule has 1 amide bonds. The molecule has 1 N–H and O–H groups in total. The highest BCUT2D eigenvalue weighted by atomic mass is 32.1. The average Bonchev–Trinajstić information content (AvgIpc) is 3.75. The molecule has 6 rings (SSSR count). The zero-order valence-corrected chi connectivity index (χ0v) is 25.4. The normalized spacial score (nSPS) is 24.2. The molecular weight excluding hydrogens is 546 g/mol. The van der Waals surface area contributed by atoms with Crippen molar-refractivity contribution in [3.63, 3.8) is 0 Å². The van der Waals surface area contributed by atoms with Gasteiger partial charge in [-0.15, -0.1) is 11.3 Å². The number of methoxy groups -OCH3 is 1. The number of amides is 1. The number of benzene rings is 1. The molecule has 3 aliphatic rings. The zero-order chi connectivity index (χ0) is 29.2. The maximum atomic E-state index is 14.1. The summed E-state index contributed by atoms with van der Waals surface area (Å²) in [6.45, 7) is 2.69. The van der Waals surface area contributed by atoms with Crippen LogP contribution in [0, 0.1) is 24.7 Å². The second kappa shape index (κ2) is 12.5. The van der Waals surface area contributed by atoms with E-state index in [0.717, 1.165) is 58.9 Å². The van der Waals surface area contributed by atoms with E-state index in [-0.39, 0.29) is 17.7 Å². The molecule has 3 aromatic rings. The molecule has 2 heterocycles. The SMILES string of the molecule is COc1ccc([C@H]2CC[C@H](CN(c3cccc(-c4cnc(C5CC5)s4)c3)C(=O)[C@H]3CC[C@H](C(=O)O)CC3)CC2)nc1C. The van der Waals surface area contributed by atoms with E-state index in [9.17, 15) is 14.7 Å². The van der Waals surface area contributed by atoms with E-state index in [1.165, 1.54) is 17.8 Å². The molecule has 1 aromatic carbocycles. The Morgan fingerprint density at radius 3 is 2.33 bits per heavy atom. The van der Waals surface area contributed by atoms with E-state index < -0.39 is 5.97 Å². The van der Waals surface area contributed by atoms with Crippen LogP contribution in [0.5, 0.6) is 5.75 Å². The summed E-state index contributed by atoms with van der Waals surface area (Å²) in [5, 5.41) is 10.7. The van der Waals surface area contributed by atoms with Gasteiger partial charge in [-0.2, -0.15) is 0 Å². The number of nitrogens with zero attached hydrogens (tertiary/aromatic N) is 3. The molecule has 7 nitrogen and oxygen atoms in total. The Bertz CT molecular complexity index is 1420. The Labute approximate surface area is 252 Å². The van der Waals surface area contributed by atoms with Gasteiger partial charge in [0.2, 0.25) is 5.91 Å². The first-order valence-electron chi connectivity index (χ1n) is 15.5.